The SMILES string of the molecule is Cn1nc(I)c2cnc(N3CCN(S(C)(=O)=O)C[C@H]3Cc3ccccc3)nc21. The molecular weight excluding hydrogens is 491 g/mol. The molecule has 0 spiro atoms. The predicted octanol–water partition coefficient (Wildman–Crippen LogP) is 1.66. The maximum Gasteiger partial charge on any atom is 0.227 e. The Morgan fingerprint density at radius 2 is 1.96 bits per heavy atom. The summed E-state index contributed by atoms with van der Waals surface area (Å²) in [6.07, 6.45) is 3.79. The fourth-order valence-corrected chi connectivity index (χ4v) is 5.14. The topological polar surface area (TPSA) is 84.2 Å². The highest BCUT2D eigenvalue weighted by Crippen LogP contribution is 2.24. The number of nitrogens with zero attached hydrogens (tertiary/aromatic N) is 6. The molecule has 28 heavy (non-hydrogen) atoms. The van der Waals surface area contributed by atoms with E-state index in [1.807, 2.05) is 25.2 Å². The van der Waals surface area contributed by atoms with E-state index in [4.69, 9.17) is 4.98 Å². The number of piperazine rings is 1. The molecule has 0 amide bonds. The molecule has 0 radical (unpaired) electrons. The summed E-state index contributed by atoms with van der Waals surface area (Å²) in [7, 11) is -1.38. The summed E-state index contributed by atoms with van der Waals surface area (Å²) in [5, 5.41) is 5.32. The number of aromatic nitrogens is 4. The van der Waals surface area contributed by atoms with E-state index in [9.17, 15) is 8.42 Å². The number of sulfonamides is 1. The van der Waals surface area contributed by atoms with Gasteiger partial charge in [-0.25, -0.2) is 18.1 Å². The zero-order valence-electron chi connectivity index (χ0n) is 15.7. The van der Waals surface area contributed by atoms with Gasteiger partial charge >= 0.3 is 0 Å². The van der Waals surface area contributed by atoms with Crippen LogP contribution in [0, 0.1) is 3.70 Å². The lowest BCUT2D eigenvalue weighted by atomic mass is 10.0. The van der Waals surface area contributed by atoms with Crippen LogP contribution in [0.4, 0.5) is 5.95 Å². The van der Waals surface area contributed by atoms with Crippen molar-refractivity contribution in [3.63, 3.8) is 0 Å². The van der Waals surface area contributed by atoms with Crippen molar-refractivity contribution in [1.29, 1.82) is 0 Å². The Balaban J connectivity index is 1.70. The minimum absolute atomic E-state index is 0.0457. The summed E-state index contributed by atoms with van der Waals surface area (Å²) < 4.78 is 28.4. The molecule has 1 fully saturated rings. The quantitative estimate of drug-likeness (QED) is 0.495. The van der Waals surface area contributed by atoms with Gasteiger partial charge in [-0.05, 0) is 34.6 Å². The van der Waals surface area contributed by atoms with E-state index >= 15 is 0 Å². The minimum Gasteiger partial charge on any atom is -0.335 e. The minimum atomic E-state index is -3.24. The number of hydrogen-bond acceptors (Lipinski definition) is 6. The van der Waals surface area contributed by atoms with Crippen molar-refractivity contribution < 1.29 is 8.42 Å². The van der Waals surface area contributed by atoms with Gasteiger partial charge in [0.15, 0.2) is 5.65 Å². The van der Waals surface area contributed by atoms with Crippen LogP contribution in [0.1, 0.15) is 5.56 Å². The van der Waals surface area contributed by atoms with Crippen molar-refractivity contribution in [2.24, 2.45) is 7.05 Å². The summed E-state index contributed by atoms with van der Waals surface area (Å²) in [5.41, 5.74) is 1.93. The van der Waals surface area contributed by atoms with Crippen molar-refractivity contribution in [2.45, 2.75) is 12.5 Å². The Morgan fingerprint density at radius 3 is 2.68 bits per heavy atom. The van der Waals surface area contributed by atoms with Gasteiger partial charge in [-0.1, -0.05) is 30.3 Å². The molecule has 0 N–H and O–H groups in total. The van der Waals surface area contributed by atoms with Gasteiger partial charge in [-0.15, -0.1) is 0 Å². The molecule has 148 valence electrons. The second kappa shape index (κ2) is 7.56. The van der Waals surface area contributed by atoms with Crippen LogP contribution in [0.5, 0.6) is 0 Å². The second-order valence-electron chi connectivity index (χ2n) is 6.98. The fraction of sp³-hybridized carbons (Fsp3) is 0.389. The monoisotopic (exact) mass is 512 g/mol. The lowest BCUT2D eigenvalue weighted by Gasteiger charge is -2.40. The van der Waals surface area contributed by atoms with Gasteiger partial charge in [0.1, 0.15) is 3.70 Å². The number of halogens is 1. The van der Waals surface area contributed by atoms with E-state index in [1.54, 1.807) is 15.2 Å². The van der Waals surface area contributed by atoms with Gasteiger partial charge in [0.05, 0.1) is 11.6 Å². The summed E-state index contributed by atoms with van der Waals surface area (Å²) >= 11 is 2.18. The van der Waals surface area contributed by atoms with Crippen LogP contribution < -0.4 is 4.90 Å². The first-order chi connectivity index (χ1) is 13.3. The van der Waals surface area contributed by atoms with E-state index in [1.165, 1.54) is 6.26 Å². The molecule has 0 aliphatic carbocycles. The Kier molecular flexibility index (Phi) is 5.27. The highest BCUT2D eigenvalue weighted by Gasteiger charge is 2.33. The lowest BCUT2D eigenvalue weighted by molar-refractivity contribution is 0.330. The van der Waals surface area contributed by atoms with E-state index in [0.29, 0.717) is 25.6 Å². The summed E-state index contributed by atoms with van der Waals surface area (Å²) in [6.45, 7) is 1.39. The molecule has 0 bridgehead atoms. The molecule has 1 atom stereocenters. The number of hydrogen-bond donors (Lipinski definition) is 0. The standard InChI is InChI=1S/C18H21IN6O2S/c1-23-17-15(16(19)22-23)11-20-18(21-17)25-9-8-24(28(2,26)27)12-14(25)10-13-6-4-3-5-7-13/h3-7,11,14H,8-10,12H2,1-2H3/t14-/m1/s1. The van der Waals surface area contributed by atoms with Gasteiger partial charge < -0.3 is 4.90 Å². The summed E-state index contributed by atoms with van der Waals surface area (Å²) in [6, 6.07) is 10.0. The molecule has 1 aromatic carbocycles. The smallest absolute Gasteiger partial charge is 0.227 e. The van der Waals surface area contributed by atoms with Gasteiger partial charge in [-0.3, -0.25) is 0 Å². The van der Waals surface area contributed by atoms with Crippen molar-refractivity contribution in [3.05, 3.63) is 45.8 Å². The number of benzene rings is 1. The first-order valence-corrected chi connectivity index (χ1v) is 11.9. The van der Waals surface area contributed by atoms with Crippen LogP contribution >= 0.6 is 22.6 Å². The molecule has 4 rings (SSSR count). The Bertz CT molecular complexity index is 1100. The second-order valence-corrected chi connectivity index (χ2v) is 9.98. The van der Waals surface area contributed by atoms with Crippen LogP contribution in [0.25, 0.3) is 11.0 Å². The maximum absolute atomic E-state index is 12.1. The maximum atomic E-state index is 12.1. The van der Waals surface area contributed by atoms with Gasteiger partial charge in [0.25, 0.3) is 0 Å². The number of aryl methyl sites for hydroxylation is 1. The highest BCUT2D eigenvalue weighted by molar-refractivity contribution is 14.1. The predicted molar refractivity (Wildman–Crippen MR) is 117 cm³/mol. The zero-order valence-corrected chi connectivity index (χ0v) is 18.6. The van der Waals surface area contributed by atoms with E-state index in [2.05, 4.69) is 49.7 Å². The van der Waals surface area contributed by atoms with Crippen molar-refractivity contribution in [2.75, 3.05) is 30.8 Å². The van der Waals surface area contributed by atoms with Crippen LogP contribution in [0.15, 0.2) is 36.5 Å². The normalized spacial score (nSPS) is 18.7. The van der Waals surface area contributed by atoms with Crippen molar-refractivity contribution >= 4 is 49.6 Å². The van der Waals surface area contributed by atoms with E-state index in [-0.39, 0.29) is 6.04 Å². The molecule has 0 unspecified atom stereocenters. The van der Waals surface area contributed by atoms with Gasteiger partial charge in [0, 0.05) is 38.9 Å². The van der Waals surface area contributed by atoms with Crippen LogP contribution in [0.3, 0.4) is 0 Å². The number of fused-ring (bicyclic) bond motifs is 1. The van der Waals surface area contributed by atoms with Gasteiger partial charge in [0.2, 0.25) is 16.0 Å². The molecule has 1 aliphatic rings. The average Bonchev–Trinajstić information content (AvgIpc) is 2.95. The molecule has 1 aliphatic heterocycles. The third-order valence-electron chi connectivity index (χ3n) is 5.01. The Labute approximate surface area is 177 Å². The molecular formula is C18H21IN6O2S. The van der Waals surface area contributed by atoms with Crippen molar-refractivity contribution in [1.82, 2.24) is 24.1 Å². The molecule has 8 nitrogen and oxygen atoms in total. The lowest BCUT2D eigenvalue weighted by Crippen LogP contribution is -2.56. The van der Waals surface area contributed by atoms with Crippen LogP contribution in [0.2, 0.25) is 0 Å². The third kappa shape index (κ3) is 3.85. The molecule has 3 heterocycles. The van der Waals surface area contributed by atoms with Crippen molar-refractivity contribution in [3.8, 4) is 0 Å². The zero-order chi connectivity index (χ0) is 19.9. The van der Waals surface area contributed by atoms with Crippen LogP contribution in [-0.2, 0) is 23.5 Å². The van der Waals surface area contributed by atoms with E-state index < -0.39 is 10.0 Å². The largest absolute Gasteiger partial charge is 0.335 e. The highest BCUT2D eigenvalue weighted by atomic mass is 127. The Hall–Kier alpha value is -1.79. The molecule has 1 saturated heterocycles. The fourth-order valence-electron chi connectivity index (χ4n) is 3.58. The third-order valence-corrected chi connectivity index (χ3v) is 7.07. The molecule has 2 aromatic heterocycles. The van der Waals surface area contributed by atoms with Gasteiger partial charge in [-0.2, -0.15) is 14.4 Å². The summed E-state index contributed by atoms with van der Waals surface area (Å²) in [4.78, 5) is 11.4. The first-order valence-electron chi connectivity index (χ1n) is 8.94. The molecule has 0 saturated carbocycles. The van der Waals surface area contributed by atoms with Crippen LogP contribution in [-0.4, -0.2) is 64.4 Å². The number of rotatable bonds is 4. The first kappa shape index (κ1) is 19.5. The average molecular weight is 512 g/mol. The molecule has 3 aromatic rings. The Morgan fingerprint density at radius 1 is 1.21 bits per heavy atom. The summed E-state index contributed by atoms with van der Waals surface area (Å²) in [5.74, 6) is 0.612. The number of anilines is 1. The molecule has 10 heteroatoms. The van der Waals surface area contributed by atoms with E-state index in [0.717, 1.165) is 26.7 Å².